The minimum absolute atomic E-state index is 0.229. The van der Waals surface area contributed by atoms with Gasteiger partial charge >= 0.3 is 0 Å². The predicted molar refractivity (Wildman–Crippen MR) is 138 cm³/mol. The lowest BCUT2D eigenvalue weighted by molar-refractivity contribution is -0.141. The first kappa shape index (κ1) is 23.3. The highest BCUT2D eigenvalue weighted by Crippen LogP contribution is 2.37. The molecular formula is C28H33N5O2. The zero-order valence-corrected chi connectivity index (χ0v) is 20.5. The minimum Gasteiger partial charge on any atom is -0.381 e. The van der Waals surface area contributed by atoms with Gasteiger partial charge in [-0.15, -0.1) is 0 Å². The third-order valence-electron chi connectivity index (χ3n) is 7.12. The number of aryl methyl sites for hydroxylation is 2. The van der Waals surface area contributed by atoms with Crippen LogP contribution in [0.15, 0.2) is 60.7 Å². The zero-order valence-electron chi connectivity index (χ0n) is 20.5. The Morgan fingerprint density at radius 3 is 2.29 bits per heavy atom. The number of anilines is 3. The molecule has 0 bridgehead atoms. The molecule has 2 aromatic carbocycles. The molecule has 1 aromatic heterocycles. The van der Waals surface area contributed by atoms with Gasteiger partial charge in [0.05, 0.1) is 5.41 Å². The smallest absolute Gasteiger partial charge is 0.233 e. The second-order valence-corrected chi connectivity index (χ2v) is 9.52. The molecule has 7 nitrogen and oxygen atoms in total. The number of piperazine rings is 1. The van der Waals surface area contributed by atoms with Crippen molar-refractivity contribution < 1.29 is 9.53 Å². The fraction of sp³-hybridized carbons (Fsp3) is 0.393. The maximum atomic E-state index is 13.9. The first-order chi connectivity index (χ1) is 17.0. The van der Waals surface area contributed by atoms with Crippen LogP contribution in [0.4, 0.5) is 17.5 Å². The summed E-state index contributed by atoms with van der Waals surface area (Å²) in [7, 11) is 0. The summed E-state index contributed by atoms with van der Waals surface area (Å²) in [6.45, 7) is 8.14. The standard InChI is InChI=1S/C28H33N5O2/c1-21-8-10-24(11-9-21)30-27-29-22(2)20-25(31-27)32-14-16-33(17-15-32)26(34)28(12-18-35-19-13-28)23-6-4-3-5-7-23/h3-11,20H,12-19H2,1-2H3,(H,29,30,31). The van der Waals surface area contributed by atoms with Gasteiger partial charge in [-0.3, -0.25) is 4.79 Å². The Morgan fingerprint density at radius 1 is 0.914 bits per heavy atom. The van der Waals surface area contributed by atoms with E-state index < -0.39 is 5.41 Å². The van der Waals surface area contributed by atoms with Crippen LogP contribution < -0.4 is 10.2 Å². The van der Waals surface area contributed by atoms with Gasteiger partial charge in [-0.25, -0.2) is 4.98 Å². The quantitative estimate of drug-likeness (QED) is 0.600. The molecule has 2 fully saturated rings. The van der Waals surface area contributed by atoms with Crippen molar-refractivity contribution in [3.63, 3.8) is 0 Å². The van der Waals surface area contributed by atoms with Gasteiger partial charge in [0.15, 0.2) is 0 Å². The van der Waals surface area contributed by atoms with Crippen molar-refractivity contribution in [2.45, 2.75) is 32.1 Å². The Bertz CT molecular complexity index is 1150. The average molecular weight is 472 g/mol. The number of benzene rings is 2. The van der Waals surface area contributed by atoms with Crippen LogP contribution in [0.3, 0.4) is 0 Å². The van der Waals surface area contributed by atoms with E-state index in [0.29, 0.717) is 32.3 Å². The number of carbonyl (C=O) groups excluding carboxylic acids is 1. The van der Waals surface area contributed by atoms with Gasteiger partial charge in [0.1, 0.15) is 5.82 Å². The molecule has 1 amide bonds. The number of aromatic nitrogens is 2. The van der Waals surface area contributed by atoms with E-state index in [1.54, 1.807) is 0 Å². The number of nitrogens with zero attached hydrogens (tertiary/aromatic N) is 4. The third-order valence-corrected chi connectivity index (χ3v) is 7.12. The van der Waals surface area contributed by atoms with Gasteiger partial charge < -0.3 is 19.9 Å². The van der Waals surface area contributed by atoms with Crippen molar-refractivity contribution >= 4 is 23.4 Å². The average Bonchev–Trinajstić information content (AvgIpc) is 2.90. The van der Waals surface area contributed by atoms with Gasteiger partial charge in [0.25, 0.3) is 0 Å². The third kappa shape index (κ3) is 5.00. The Kier molecular flexibility index (Phi) is 6.68. The van der Waals surface area contributed by atoms with Gasteiger partial charge in [-0.05, 0) is 44.4 Å². The van der Waals surface area contributed by atoms with E-state index in [-0.39, 0.29) is 5.91 Å². The number of rotatable bonds is 5. The highest BCUT2D eigenvalue weighted by Gasteiger charge is 2.44. The summed E-state index contributed by atoms with van der Waals surface area (Å²) < 4.78 is 5.63. The molecule has 7 heteroatoms. The molecule has 35 heavy (non-hydrogen) atoms. The van der Waals surface area contributed by atoms with Gasteiger partial charge in [0.2, 0.25) is 11.9 Å². The van der Waals surface area contributed by atoms with E-state index in [1.165, 1.54) is 5.56 Å². The summed E-state index contributed by atoms with van der Waals surface area (Å²) in [6.07, 6.45) is 1.46. The fourth-order valence-corrected chi connectivity index (χ4v) is 5.08. The first-order valence-electron chi connectivity index (χ1n) is 12.4. The minimum atomic E-state index is -0.488. The summed E-state index contributed by atoms with van der Waals surface area (Å²) in [5.74, 6) is 1.71. The molecule has 0 aliphatic carbocycles. The van der Waals surface area contributed by atoms with Crippen LogP contribution in [0.25, 0.3) is 0 Å². The monoisotopic (exact) mass is 471 g/mol. The summed E-state index contributed by atoms with van der Waals surface area (Å²) in [5.41, 5.74) is 3.70. The molecule has 0 atom stereocenters. The summed E-state index contributed by atoms with van der Waals surface area (Å²) >= 11 is 0. The van der Waals surface area contributed by atoms with Crippen LogP contribution in [0, 0.1) is 13.8 Å². The topological polar surface area (TPSA) is 70.6 Å². The van der Waals surface area contributed by atoms with E-state index in [2.05, 4.69) is 46.4 Å². The lowest BCUT2D eigenvalue weighted by Gasteiger charge is -2.43. The molecule has 2 aliphatic rings. The van der Waals surface area contributed by atoms with Gasteiger partial charge in [-0.1, -0.05) is 48.0 Å². The molecular weight excluding hydrogens is 438 g/mol. The molecule has 0 spiro atoms. The maximum Gasteiger partial charge on any atom is 0.233 e. The van der Waals surface area contributed by atoms with Crippen molar-refractivity contribution in [3.05, 3.63) is 77.5 Å². The number of ether oxygens (including phenoxy) is 1. The molecule has 0 radical (unpaired) electrons. The second-order valence-electron chi connectivity index (χ2n) is 9.52. The molecule has 5 rings (SSSR count). The van der Waals surface area contributed by atoms with Gasteiger partial charge in [0, 0.05) is 56.8 Å². The summed E-state index contributed by atoms with van der Waals surface area (Å²) in [4.78, 5) is 27.5. The van der Waals surface area contributed by atoms with Crippen LogP contribution in [0.2, 0.25) is 0 Å². The van der Waals surface area contributed by atoms with E-state index in [1.807, 2.05) is 48.2 Å². The fourth-order valence-electron chi connectivity index (χ4n) is 5.08. The highest BCUT2D eigenvalue weighted by molar-refractivity contribution is 5.88. The van der Waals surface area contributed by atoms with Crippen LogP contribution >= 0.6 is 0 Å². The van der Waals surface area contributed by atoms with E-state index in [4.69, 9.17) is 9.72 Å². The Balaban J connectivity index is 1.29. The number of amides is 1. The number of carbonyl (C=O) groups is 1. The molecule has 182 valence electrons. The second kappa shape index (κ2) is 10.0. The van der Waals surface area contributed by atoms with E-state index in [9.17, 15) is 4.79 Å². The molecule has 0 saturated carbocycles. The number of nitrogens with one attached hydrogen (secondary N) is 1. The largest absolute Gasteiger partial charge is 0.381 e. The predicted octanol–water partition coefficient (Wildman–Crippen LogP) is 4.23. The Morgan fingerprint density at radius 2 is 1.60 bits per heavy atom. The van der Waals surface area contributed by atoms with Crippen LogP contribution in [0.5, 0.6) is 0 Å². The van der Waals surface area contributed by atoms with Crippen molar-refractivity contribution in [2.75, 3.05) is 49.6 Å². The first-order valence-corrected chi connectivity index (χ1v) is 12.4. The van der Waals surface area contributed by atoms with Crippen molar-refractivity contribution in [3.8, 4) is 0 Å². The number of hydrogen-bond donors (Lipinski definition) is 1. The molecule has 3 heterocycles. The van der Waals surface area contributed by atoms with Crippen LogP contribution in [0.1, 0.15) is 29.7 Å². The normalized spacial score (nSPS) is 17.8. The van der Waals surface area contributed by atoms with Gasteiger partial charge in [-0.2, -0.15) is 4.98 Å². The SMILES string of the molecule is Cc1ccc(Nc2nc(C)cc(N3CCN(C(=O)C4(c5ccccc5)CCOCC4)CC3)n2)cc1. The Hall–Kier alpha value is -3.45. The highest BCUT2D eigenvalue weighted by atomic mass is 16.5. The molecule has 1 N–H and O–H groups in total. The lowest BCUT2D eigenvalue weighted by Crippen LogP contribution is -2.56. The van der Waals surface area contributed by atoms with Crippen molar-refractivity contribution in [1.82, 2.24) is 14.9 Å². The van der Waals surface area contributed by atoms with Crippen LogP contribution in [-0.4, -0.2) is 60.2 Å². The van der Waals surface area contributed by atoms with E-state index in [0.717, 1.165) is 48.7 Å². The molecule has 2 saturated heterocycles. The lowest BCUT2D eigenvalue weighted by atomic mass is 9.73. The van der Waals surface area contributed by atoms with E-state index >= 15 is 0 Å². The van der Waals surface area contributed by atoms with Crippen molar-refractivity contribution in [2.24, 2.45) is 0 Å². The summed E-state index contributed by atoms with van der Waals surface area (Å²) in [5, 5.41) is 3.32. The molecule has 2 aliphatic heterocycles. The molecule has 3 aromatic rings. The Labute approximate surface area is 207 Å². The molecule has 0 unspecified atom stereocenters. The maximum absolute atomic E-state index is 13.9. The van der Waals surface area contributed by atoms with Crippen molar-refractivity contribution in [1.29, 1.82) is 0 Å². The summed E-state index contributed by atoms with van der Waals surface area (Å²) in [6, 6.07) is 20.4. The number of hydrogen-bond acceptors (Lipinski definition) is 6. The van der Waals surface area contributed by atoms with Crippen LogP contribution in [-0.2, 0) is 14.9 Å². The zero-order chi connectivity index (χ0) is 24.3.